The Labute approximate surface area is 131 Å². The highest BCUT2D eigenvalue weighted by Crippen LogP contribution is 2.32. The fraction of sp³-hybridized carbons (Fsp3) is 0.316. The van der Waals surface area contributed by atoms with Crippen molar-refractivity contribution in [3.63, 3.8) is 0 Å². The molecule has 3 heteroatoms. The van der Waals surface area contributed by atoms with E-state index in [0.29, 0.717) is 17.4 Å². The van der Waals surface area contributed by atoms with E-state index in [0.717, 1.165) is 16.8 Å². The van der Waals surface area contributed by atoms with Gasteiger partial charge < -0.3 is 5.32 Å². The van der Waals surface area contributed by atoms with E-state index in [1.165, 1.54) is 12.1 Å². The molecule has 0 fully saturated rings. The van der Waals surface area contributed by atoms with Crippen LogP contribution < -0.4 is 5.32 Å². The second-order valence-electron chi connectivity index (χ2n) is 6.09. The number of hydrogen-bond donors (Lipinski definition) is 1. The molecule has 2 aromatic rings. The summed E-state index contributed by atoms with van der Waals surface area (Å²) in [4.78, 5) is 12.4. The molecule has 1 N–H and O–H groups in total. The van der Waals surface area contributed by atoms with Crippen LogP contribution in [0.25, 0.3) is 0 Å². The summed E-state index contributed by atoms with van der Waals surface area (Å²) in [5, 5.41) is 2.98. The van der Waals surface area contributed by atoms with E-state index in [-0.39, 0.29) is 5.91 Å². The van der Waals surface area contributed by atoms with E-state index >= 15 is 0 Å². The molecular formula is C19H22FNO. The molecule has 0 spiro atoms. The lowest BCUT2D eigenvalue weighted by Gasteiger charge is -2.20. The molecule has 0 heterocycles. The van der Waals surface area contributed by atoms with Gasteiger partial charge in [0.05, 0.1) is 0 Å². The second kappa shape index (κ2) is 6.73. The Morgan fingerprint density at radius 3 is 2.00 bits per heavy atom. The third kappa shape index (κ3) is 3.53. The van der Waals surface area contributed by atoms with Gasteiger partial charge in [0, 0.05) is 11.3 Å². The van der Waals surface area contributed by atoms with Crippen molar-refractivity contribution in [2.45, 2.75) is 39.5 Å². The zero-order chi connectivity index (χ0) is 16.3. The molecule has 1 amide bonds. The summed E-state index contributed by atoms with van der Waals surface area (Å²) in [5.41, 5.74) is 3.36. The van der Waals surface area contributed by atoms with Crippen molar-refractivity contribution in [2.75, 3.05) is 5.32 Å². The monoisotopic (exact) mass is 299 g/mol. The van der Waals surface area contributed by atoms with E-state index in [4.69, 9.17) is 0 Å². The number of rotatable bonds is 4. The van der Waals surface area contributed by atoms with Crippen molar-refractivity contribution >= 4 is 11.6 Å². The molecule has 0 saturated carbocycles. The second-order valence-corrected chi connectivity index (χ2v) is 6.09. The van der Waals surface area contributed by atoms with Crippen LogP contribution in [0.5, 0.6) is 0 Å². The van der Waals surface area contributed by atoms with Crippen molar-refractivity contribution in [1.82, 2.24) is 0 Å². The predicted octanol–water partition coefficient (Wildman–Crippen LogP) is 5.32. The van der Waals surface area contributed by atoms with E-state index in [9.17, 15) is 9.18 Å². The summed E-state index contributed by atoms with van der Waals surface area (Å²) in [6.45, 7) is 8.38. The highest BCUT2D eigenvalue weighted by atomic mass is 19.1. The minimum atomic E-state index is -0.408. The maximum Gasteiger partial charge on any atom is 0.255 e. The van der Waals surface area contributed by atoms with Gasteiger partial charge in [-0.2, -0.15) is 0 Å². The predicted molar refractivity (Wildman–Crippen MR) is 89.0 cm³/mol. The van der Waals surface area contributed by atoms with E-state index in [2.05, 4.69) is 33.0 Å². The highest BCUT2D eigenvalue weighted by molar-refractivity contribution is 6.05. The molecule has 0 aliphatic heterocycles. The number of nitrogens with one attached hydrogen (secondary N) is 1. The van der Waals surface area contributed by atoms with Gasteiger partial charge in [-0.1, -0.05) is 52.0 Å². The molecule has 0 saturated heterocycles. The SMILES string of the molecule is CC(C)c1cccc(C(C)C)c1NC(=O)c1cccc(F)c1. The zero-order valence-electron chi connectivity index (χ0n) is 13.5. The van der Waals surface area contributed by atoms with Crippen LogP contribution in [-0.2, 0) is 0 Å². The number of halogens is 1. The van der Waals surface area contributed by atoms with Gasteiger partial charge in [0.2, 0.25) is 0 Å². The van der Waals surface area contributed by atoms with Crippen LogP contribution in [0.1, 0.15) is 61.0 Å². The first-order chi connectivity index (χ1) is 10.4. The number of benzene rings is 2. The third-order valence-corrected chi connectivity index (χ3v) is 3.70. The fourth-order valence-electron chi connectivity index (χ4n) is 2.51. The Hall–Kier alpha value is -2.16. The molecule has 2 nitrogen and oxygen atoms in total. The first-order valence-electron chi connectivity index (χ1n) is 7.60. The van der Waals surface area contributed by atoms with Crippen LogP contribution in [0.4, 0.5) is 10.1 Å². The van der Waals surface area contributed by atoms with Crippen molar-refractivity contribution in [3.05, 3.63) is 65.0 Å². The highest BCUT2D eigenvalue weighted by Gasteiger charge is 2.16. The Morgan fingerprint density at radius 2 is 1.50 bits per heavy atom. The number of anilines is 1. The van der Waals surface area contributed by atoms with Crippen LogP contribution in [0.2, 0.25) is 0 Å². The van der Waals surface area contributed by atoms with Crippen LogP contribution in [-0.4, -0.2) is 5.91 Å². The number of carbonyl (C=O) groups excluding carboxylic acids is 1. The van der Waals surface area contributed by atoms with E-state index < -0.39 is 5.82 Å². The summed E-state index contributed by atoms with van der Waals surface area (Å²) >= 11 is 0. The van der Waals surface area contributed by atoms with Gasteiger partial charge in [-0.05, 0) is 41.2 Å². The lowest BCUT2D eigenvalue weighted by Crippen LogP contribution is -2.16. The van der Waals surface area contributed by atoms with Crippen LogP contribution >= 0.6 is 0 Å². The number of amides is 1. The average molecular weight is 299 g/mol. The Balaban J connectivity index is 2.41. The smallest absolute Gasteiger partial charge is 0.255 e. The van der Waals surface area contributed by atoms with Crippen molar-refractivity contribution in [1.29, 1.82) is 0 Å². The Kier molecular flexibility index (Phi) is 4.96. The van der Waals surface area contributed by atoms with E-state index in [1.807, 2.05) is 18.2 Å². The molecule has 0 radical (unpaired) electrons. The van der Waals surface area contributed by atoms with Crippen molar-refractivity contribution in [3.8, 4) is 0 Å². The van der Waals surface area contributed by atoms with Crippen LogP contribution in [0.15, 0.2) is 42.5 Å². The first-order valence-corrected chi connectivity index (χ1v) is 7.60. The lowest BCUT2D eigenvalue weighted by atomic mass is 9.92. The lowest BCUT2D eigenvalue weighted by molar-refractivity contribution is 0.102. The molecular weight excluding hydrogens is 277 g/mol. The van der Waals surface area contributed by atoms with Gasteiger partial charge in [-0.15, -0.1) is 0 Å². The minimum absolute atomic E-state index is 0.283. The topological polar surface area (TPSA) is 29.1 Å². The molecule has 0 unspecified atom stereocenters. The molecule has 0 aliphatic rings. The van der Waals surface area contributed by atoms with Gasteiger partial charge >= 0.3 is 0 Å². The normalized spacial score (nSPS) is 11.0. The fourth-order valence-corrected chi connectivity index (χ4v) is 2.51. The standard InChI is InChI=1S/C19H22FNO/c1-12(2)16-9-6-10-17(13(3)4)18(16)21-19(22)14-7-5-8-15(20)11-14/h5-13H,1-4H3,(H,21,22). The minimum Gasteiger partial charge on any atom is -0.321 e. The largest absolute Gasteiger partial charge is 0.321 e. The molecule has 0 bridgehead atoms. The Bertz CT molecular complexity index is 651. The van der Waals surface area contributed by atoms with Gasteiger partial charge in [-0.3, -0.25) is 4.79 Å². The van der Waals surface area contributed by atoms with E-state index in [1.54, 1.807) is 12.1 Å². The molecule has 2 rings (SSSR count). The summed E-state index contributed by atoms with van der Waals surface area (Å²) in [7, 11) is 0. The quantitative estimate of drug-likeness (QED) is 0.812. The molecule has 2 aromatic carbocycles. The molecule has 22 heavy (non-hydrogen) atoms. The summed E-state index contributed by atoms with van der Waals surface area (Å²) < 4.78 is 13.3. The molecule has 0 aliphatic carbocycles. The molecule has 0 atom stereocenters. The zero-order valence-corrected chi connectivity index (χ0v) is 13.5. The number of carbonyl (C=O) groups is 1. The number of para-hydroxylation sites is 1. The summed E-state index contributed by atoms with van der Waals surface area (Å²) in [6.07, 6.45) is 0. The maximum atomic E-state index is 13.3. The number of hydrogen-bond acceptors (Lipinski definition) is 1. The first kappa shape index (κ1) is 16.2. The van der Waals surface area contributed by atoms with Crippen molar-refractivity contribution in [2.24, 2.45) is 0 Å². The maximum absolute atomic E-state index is 13.3. The Morgan fingerprint density at radius 1 is 0.955 bits per heavy atom. The van der Waals surface area contributed by atoms with Gasteiger partial charge in [0.15, 0.2) is 0 Å². The van der Waals surface area contributed by atoms with Gasteiger partial charge in [0.1, 0.15) is 5.82 Å². The van der Waals surface area contributed by atoms with Crippen LogP contribution in [0.3, 0.4) is 0 Å². The summed E-state index contributed by atoms with van der Waals surface area (Å²) in [6, 6.07) is 11.8. The average Bonchev–Trinajstić information content (AvgIpc) is 2.46. The van der Waals surface area contributed by atoms with Gasteiger partial charge in [-0.25, -0.2) is 4.39 Å². The third-order valence-electron chi connectivity index (χ3n) is 3.70. The van der Waals surface area contributed by atoms with Crippen LogP contribution in [0, 0.1) is 5.82 Å². The summed E-state index contributed by atoms with van der Waals surface area (Å²) in [5.74, 6) is -0.105. The van der Waals surface area contributed by atoms with Gasteiger partial charge in [0.25, 0.3) is 5.91 Å². The molecule has 0 aromatic heterocycles. The van der Waals surface area contributed by atoms with Crippen molar-refractivity contribution < 1.29 is 9.18 Å². The molecule has 116 valence electrons.